The SMILES string of the molecule is C=CC(=O)N1CCC(C(=O)N(C)C(c2cccc(F)c2)c2cnn(C)c2)CC1. The lowest BCUT2D eigenvalue weighted by Crippen LogP contribution is -2.44. The third-order valence-electron chi connectivity index (χ3n) is 5.27. The maximum absolute atomic E-state index is 13.9. The summed E-state index contributed by atoms with van der Waals surface area (Å²) in [4.78, 5) is 28.3. The zero-order valence-corrected chi connectivity index (χ0v) is 16.2. The molecule has 1 aromatic heterocycles. The molecule has 6 nitrogen and oxygen atoms in total. The van der Waals surface area contributed by atoms with Crippen molar-refractivity contribution in [1.82, 2.24) is 19.6 Å². The van der Waals surface area contributed by atoms with Crippen molar-refractivity contribution in [3.8, 4) is 0 Å². The van der Waals surface area contributed by atoms with Crippen molar-refractivity contribution in [2.45, 2.75) is 18.9 Å². The number of carbonyl (C=O) groups is 2. The zero-order chi connectivity index (χ0) is 20.3. The van der Waals surface area contributed by atoms with Gasteiger partial charge in [0.15, 0.2) is 0 Å². The molecule has 3 rings (SSSR count). The van der Waals surface area contributed by atoms with Crippen molar-refractivity contribution in [3.05, 3.63) is 66.3 Å². The minimum atomic E-state index is -0.426. The molecule has 1 aromatic carbocycles. The molecule has 1 saturated heterocycles. The van der Waals surface area contributed by atoms with Crippen LogP contribution in [-0.2, 0) is 16.6 Å². The summed E-state index contributed by atoms with van der Waals surface area (Å²) < 4.78 is 15.5. The third kappa shape index (κ3) is 4.13. The topological polar surface area (TPSA) is 58.4 Å². The Morgan fingerprint density at radius 1 is 1.32 bits per heavy atom. The van der Waals surface area contributed by atoms with Gasteiger partial charge in [0.25, 0.3) is 0 Å². The molecule has 0 radical (unpaired) electrons. The summed E-state index contributed by atoms with van der Waals surface area (Å²) in [6.07, 6.45) is 6.05. The van der Waals surface area contributed by atoms with Crippen molar-refractivity contribution >= 4 is 11.8 Å². The van der Waals surface area contributed by atoms with Crippen LogP contribution in [0.4, 0.5) is 4.39 Å². The Labute approximate surface area is 164 Å². The normalized spacial score (nSPS) is 15.9. The van der Waals surface area contributed by atoms with Crippen LogP contribution in [0.15, 0.2) is 49.3 Å². The number of rotatable bonds is 5. The summed E-state index contributed by atoms with van der Waals surface area (Å²) in [5.41, 5.74) is 1.52. The minimum Gasteiger partial charge on any atom is -0.339 e. The Morgan fingerprint density at radius 2 is 2.04 bits per heavy atom. The first-order valence-corrected chi connectivity index (χ1v) is 9.32. The summed E-state index contributed by atoms with van der Waals surface area (Å²) >= 11 is 0. The lowest BCUT2D eigenvalue weighted by atomic mass is 9.92. The molecule has 28 heavy (non-hydrogen) atoms. The van der Waals surface area contributed by atoms with Gasteiger partial charge >= 0.3 is 0 Å². The van der Waals surface area contributed by atoms with Crippen molar-refractivity contribution in [2.24, 2.45) is 13.0 Å². The molecule has 0 spiro atoms. The van der Waals surface area contributed by atoms with E-state index < -0.39 is 6.04 Å². The highest BCUT2D eigenvalue weighted by atomic mass is 19.1. The molecular formula is C21H25FN4O2. The standard InChI is InChI=1S/C21H25FN4O2/c1-4-19(27)26-10-8-15(9-11-26)21(28)25(3)20(17-13-23-24(2)14-17)16-6-5-7-18(22)12-16/h4-7,12-15,20H,1,8-11H2,2-3H3. The number of amides is 2. The molecule has 1 aliphatic rings. The van der Waals surface area contributed by atoms with E-state index in [0.717, 1.165) is 5.56 Å². The molecule has 148 valence electrons. The van der Waals surface area contributed by atoms with E-state index in [9.17, 15) is 14.0 Å². The number of aromatic nitrogens is 2. The van der Waals surface area contributed by atoms with Gasteiger partial charge in [-0.05, 0) is 36.6 Å². The highest BCUT2D eigenvalue weighted by Crippen LogP contribution is 2.31. The number of hydrogen-bond acceptors (Lipinski definition) is 3. The molecule has 0 saturated carbocycles. The van der Waals surface area contributed by atoms with Crippen LogP contribution in [0.5, 0.6) is 0 Å². The molecule has 1 fully saturated rings. The van der Waals surface area contributed by atoms with Crippen LogP contribution in [0, 0.1) is 11.7 Å². The molecule has 2 amide bonds. The number of benzene rings is 1. The fourth-order valence-corrected chi connectivity index (χ4v) is 3.79. The maximum Gasteiger partial charge on any atom is 0.245 e. The van der Waals surface area contributed by atoms with E-state index in [2.05, 4.69) is 11.7 Å². The molecule has 0 bridgehead atoms. The largest absolute Gasteiger partial charge is 0.339 e. The monoisotopic (exact) mass is 384 g/mol. The Kier molecular flexibility index (Phi) is 5.92. The van der Waals surface area contributed by atoms with E-state index in [1.807, 2.05) is 12.3 Å². The highest BCUT2D eigenvalue weighted by molar-refractivity contribution is 5.87. The van der Waals surface area contributed by atoms with Crippen LogP contribution < -0.4 is 0 Å². The van der Waals surface area contributed by atoms with Gasteiger partial charge in [-0.2, -0.15) is 5.10 Å². The molecule has 2 aromatic rings. The van der Waals surface area contributed by atoms with E-state index in [4.69, 9.17) is 0 Å². The average molecular weight is 384 g/mol. The molecule has 0 aliphatic carbocycles. The third-order valence-corrected chi connectivity index (χ3v) is 5.27. The van der Waals surface area contributed by atoms with Gasteiger partial charge in [-0.25, -0.2) is 4.39 Å². The Bertz CT molecular complexity index is 871. The first-order valence-electron chi connectivity index (χ1n) is 9.32. The number of aryl methyl sites for hydroxylation is 1. The minimum absolute atomic E-state index is 0.0104. The van der Waals surface area contributed by atoms with E-state index in [0.29, 0.717) is 31.5 Å². The smallest absolute Gasteiger partial charge is 0.245 e. The lowest BCUT2D eigenvalue weighted by molar-refractivity contribution is -0.139. The van der Waals surface area contributed by atoms with E-state index >= 15 is 0 Å². The Morgan fingerprint density at radius 3 is 2.61 bits per heavy atom. The quantitative estimate of drug-likeness (QED) is 0.745. The van der Waals surface area contributed by atoms with Crippen LogP contribution in [0.3, 0.4) is 0 Å². The van der Waals surface area contributed by atoms with Gasteiger partial charge in [-0.1, -0.05) is 18.7 Å². The number of halogens is 1. The number of carbonyl (C=O) groups excluding carboxylic acids is 2. The van der Waals surface area contributed by atoms with Crippen LogP contribution in [0.25, 0.3) is 0 Å². The second-order valence-corrected chi connectivity index (χ2v) is 7.16. The summed E-state index contributed by atoms with van der Waals surface area (Å²) in [6.45, 7) is 4.58. The van der Waals surface area contributed by atoms with Crippen molar-refractivity contribution in [2.75, 3.05) is 20.1 Å². The van der Waals surface area contributed by atoms with E-state index in [1.165, 1.54) is 18.2 Å². The predicted octanol–water partition coefficient (Wildman–Crippen LogP) is 2.53. The summed E-state index contributed by atoms with van der Waals surface area (Å²) in [5.74, 6) is -0.633. The van der Waals surface area contributed by atoms with Gasteiger partial charge in [0.05, 0.1) is 12.2 Å². The van der Waals surface area contributed by atoms with Crippen molar-refractivity contribution in [1.29, 1.82) is 0 Å². The molecule has 7 heteroatoms. The maximum atomic E-state index is 13.9. The Balaban J connectivity index is 1.81. The molecule has 1 unspecified atom stereocenters. The predicted molar refractivity (Wildman–Crippen MR) is 104 cm³/mol. The Hall–Kier alpha value is -2.96. The summed E-state index contributed by atoms with van der Waals surface area (Å²) in [6, 6.07) is 5.87. The first-order chi connectivity index (χ1) is 13.4. The molecular weight excluding hydrogens is 359 g/mol. The second kappa shape index (κ2) is 8.37. The van der Waals surface area contributed by atoms with Gasteiger partial charge in [0, 0.05) is 44.9 Å². The van der Waals surface area contributed by atoms with Gasteiger partial charge in [-0.15, -0.1) is 0 Å². The van der Waals surface area contributed by atoms with E-state index in [1.54, 1.807) is 40.8 Å². The second-order valence-electron chi connectivity index (χ2n) is 7.16. The molecule has 2 heterocycles. The van der Waals surface area contributed by atoms with Crippen LogP contribution in [0.1, 0.15) is 30.0 Å². The number of piperidine rings is 1. The van der Waals surface area contributed by atoms with Gasteiger partial charge in [0.1, 0.15) is 5.82 Å². The zero-order valence-electron chi connectivity index (χ0n) is 16.2. The van der Waals surface area contributed by atoms with Gasteiger partial charge in [-0.3, -0.25) is 14.3 Å². The van der Waals surface area contributed by atoms with Crippen LogP contribution in [-0.4, -0.2) is 51.5 Å². The molecule has 1 aliphatic heterocycles. The number of hydrogen-bond donors (Lipinski definition) is 0. The summed E-state index contributed by atoms with van der Waals surface area (Å²) in [7, 11) is 3.55. The molecule has 1 atom stereocenters. The fourth-order valence-electron chi connectivity index (χ4n) is 3.79. The summed E-state index contributed by atoms with van der Waals surface area (Å²) in [5, 5.41) is 4.21. The number of nitrogens with zero attached hydrogens (tertiary/aromatic N) is 4. The van der Waals surface area contributed by atoms with Crippen LogP contribution >= 0.6 is 0 Å². The average Bonchev–Trinajstić information content (AvgIpc) is 3.12. The fraction of sp³-hybridized carbons (Fsp3) is 0.381. The van der Waals surface area contributed by atoms with Crippen molar-refractivity contribution in [3.63, 3.8) is 0 Å². The van der Waals surface area contributed by atoms with Crippen LogP contribution in [0.2, 0.25) is 0 Å². The van der Waals surface area contributed by atoms with Crippen molar-refractivity contribution < 1.29 is 14.0 Å². The van der Waals surface area contributed by atoms with Gasteiger partial charge in [0.2, 0.25) is 11.8 Å². The lowest BCUT2D eigenvalue weighted by Gasteiger charge is -2.35. The van der Waals surface area contributed by atoms with Gasteiger partial charge < -0.3 is 9.80 Å². The first kappa shape index (κ1) is 19.8. The highest BCUT2D eigenvalue weighted by Gasteiger charge is 2.32. The van der Waals surface area contributed by atoms with E-state index in [-0.39, 0.29) is 23.5 Å². The number of likely N-dealkylation sites (tertiary alicyclic amines) is 1. The molecule has 0 N–H and O–H groups in total.